The highest BCUT2D eigenvalue weighted by Crippen LogP contribution is 2.32. The molecule has 5 heteroatoms. The lowest BCUT2D eigenvalue weighted by Crippen LogP contribution is -2.47. The van der Waals surface area contributed by atoms with Crippen LogP contribution in [0, 0.1) is 12.8 Å². The first-order chi connectivity index (χ1) is 12.1. The molecule has 0 aliphatic carbocycles. The summed E-state index contributed by atoms with van der Waals surface area (Å²) in [6, 6.07) is 8.71. The van der Waals surface area contributed by atoms with Gasteiger partial charge in [0.15, 0.2) is 0 Å². The lowest BCUT2D eigenvalue weighted by atomic mass is 9.93. The van der Waals surface area contributed by atoms with Crippen molar-refractivity contribution in [2.24, 2.45) is 5.92 Å². The molecule has 1 atom stereocenters. The molecule has 2 saturated heterocycles. The second-order valence-corrected chi connectivity index (χ2v) is 7.99. The van der Waals surface area contributed by atoms with E-state index in [9.17, 15) is 9.59 Å². The Morgan fingerprint density at radius 3 is 2.48 bits per heavy atom. The molecule has 0 N–H and O–H groups in total. The van der Waals surface area contributed by atoms with Gasteiger partial charge in [-0.25, -0.2) is 0 Å². The summed E-state index contributed by atoms with van der Waals surface area (Å²) in [6.07, 6.45) is 2.86. The first kappa shape index (κ1) is 18.1. The first-order valence-corrected chi connectivity index (χ1v) is 10.1. The molecule has 2 heterocycles. The van der Waals surface area contributed by atoms with Crippen molar-refractivity contribution in [3.05, 3.63) is 48.0 Å². The molecule has 4 nitrogen and oxygen atoms in total. The number of thioether (sulfide) groups is 1. The van der Waals surface area contributed by atoms with Gasteiger partial charge in [0.05, 0.1) is 6.04 Å². The van der Waals surface area contributed by atoms with E-state index in [1.165, 1.54) is 17.2 Å². The number of nitrogens with zero attached hydrogens (tertiary/aromatic N) is 2. The minimum Gasteiger partial charge on any atom is -0.339 e. The van der Waals surface area contributed by atoms with Crippen LogP contribution >= 0.6 is 11.8 Å². The number of benzene rings is 1. The Balaban J connectivity index is 1.68. The van der Waals surface area contributed by atoms with Gasteiger partial charge in [-0.2, -0.15) is 11.8 Å². The number of hydrogen-bond acceptors (Lipinski definition) is 3. The average molecular weight is 359 g/mol. The Bertz CT molecular complexity index is 636. The monoisotopic (exact) mass is 358 g/mol. The predicted octanol–water partition coefficient (Wildman–Crippen LogP) is 3.04. The second-order valence-electron chi connectivity index (χ2n) is 6.84. The van der Waals surface area contributed by atoms with E-state index < -0.39 is 0 Å². The van der Waals surface area contributed by atoms with Gasteiger partial charge in [0.2, 0.25) is 11.8 Å². The van der Waals surface area contributed by atoms with E-state index >= 15 is 0 Å². The molecular formula is C20H26N2O2S. The van der Waals surface area contributed by atoms with Gasteiger partial charge in [0, 0.05) is 37.1 Å². The van der Waals surface area contributed by atoms with Gasteiger partial charge in [-0.05, 0) is 31.4 Å². The van der Waals surface area contributed by atoms with Crippen LogP contribution in [0.4, 0.5) is 0 Å². The van der Waals surface area contributed by atoms with Crippen LogP contribution in [0.25, 0.3) is 0 Å². The quantitative estimate of drug-likeness (QED) is 0.780. The predicted molar refractivity (Wildman–Crippen MR) is 102 cm³/mol. The molecule has 0 spiro atoms. The summed E-state index contributed by atoms with van der Waals surface area (Å²) >= 11 is 1.92. The van der Waals surface area contributed by atoms with Gasteiger partial charge in [0.25, 0.3) is 0 Å². The lowest BCUT2D eigenvalue weighted by molar-refractivity contribution is -0.141. The van der Waals surface area contributed by atoms with Crippen molar-refractivity contribution in [1.82, 2.24) is 9.80 Å². The third-order valence-corrected chi connectivity index (χ3v) is 6.23. The number of likely N-dealkylation sites (tertiary alicyclic amines) is 1. The van der Waals surface area contributed by atoms with Gasteiger partial charge in [0.1, 0.15) is 0 Å². The summed E-state index contributed by atoms with van der Waals surface area (Å²) in [5, 5.41) is 0. The van der Waals surface area contributed by atoms with Crippen molar-refractivity contribution < 1.29 is 9.59 Å². The van der Waals surface area contributed by atoms with Crippen LogP contribution in [0.2, 0.25) is 0 Å². The maximum Gasteiger partial charge on any atom is 0.245 e. The van der Waals surface area contributed by atoms with E-state index in [0.717, 1.165) is 30.9 Å². The van der Waals surface area contributed by atoms with Crippen molar-refractivity contribution in [2.45, 2.75) is 25.8 Å². The fourth-order valence-electron chi connectivity index (χ4n) is 3.64. The third-order valence-electron chi connectivity index (χ3n) is 5.20. The van der Waals surface area contributed by atoms with Crippen molar-refractivity contribution in [3.63, 3.8) is 0 Å². The van der Waals surface area contributed by atoms with Crippen molar-refractivity contribution in [3.8, 4) is 0 Å². The number of aryl methyl sites for hydroxylation is 1. The van der Waals surface area contributed by atoms with Crippen LogP contribution in [0.1, 0.15) is 30.0 Å². The van der Waals surface area contributed by atoms with Crippen LogP contribution in [-0.4, -0.2) is 52.8 Å². The van der Waals surface area contributed by atoms with Gasteiger partial charge in [-0.3, -0.25) is 9.59 Å². The third kappa shape index (κ3) is 4.09. The van der Waals surface area contributed by atoms with E-state index in [1.54, 1.807) is 4.90 Å². The Kier molecular flexibility index (Phi) is 5.84. The zero-order chi connectivity index (χ0) is 17.8. The first-order valence-electron chi connectivity index (χ1n) is 8.96. The number of amides is 2. The standard InChI is InChI=1S/C20H26N2O2S/c1-3-19(23)21-10-8-17(9-11-21)20(24)22-12-13-25-14-18(22)16-6-4-15(2)5-7-16/h3-7,17-18H,1,8-14H2,2H3. The lowest BCUT2D eigenvalue weighted by Gasteiger charge is -2.40. The molecule has 0 radical (unpaired) electrons. The highest BCUT2D eigenvalue weighted by Gasteiger charge is 2.34. The van der Waals surface area contributed by atoms with Gasteiger partial charge < -0.3 is 9.80 Å². The van der Waals surface area contributed by atoms with Gasteiger partial charge in [-0.1, -0.05) is 36.4 Å². The number of carbonyl (C=O) groups is 2. The van der Waals surface area contributed by atoms with Crippen molar-refractivity contribution in [2.75, 3.05) is 31.1 Å². The van der Waals surface area contributed by atoms with Crippen LogP contribution < -0.4 is 0 Å². The van der Waals surface area contributed by atoms with Crippen molar-refractivity contribution in [1.29, 1.82) is 0 Å². The molecule has 25 heavy (non-hydrogen) atoms. The molecule has 0 aromatic heterocycles. The van der Waals surface area contributed by atoms with Crippen molar-refractivity contribution >= 4 is 23.6 Å². The normalized spacial score (nSPS) is 21.9. The number of rotatable bonds is 3. The molecule has 134 valence electrons. The molecule has 0 bridgehead atoms. The minimum atomic E-state index is -0.0298. The number of piperidine rings is 1. The second kappa shape index (κ2) is 8.09. The Hall–Kier alpha value is -1.75. The van der Waals surface area contributed by atoms with E-state index in [-0.39, 0.29) is 23.8 Å². The fourth-order valence-corrected chi connectivity index (χ4v) is 4.73. The summed E-state index contributed by atoms with van der Waals surface area (Å²) in [7, 11) is 0. The molecular weight excluding hydrogens is 332 g/mol. The van der Waals surface area contributed by atoms with E-state index in [2.05, 4.69) is 42.7 Å². The van der Waals surface area contributed by atoms with E-state index in [0.29, 0.717) is 13.1 Å². The molecule has 0 saturated carbocycles. The van der Waals surface area contributed by atoms with Crippen LogP contribution in [0.15, 0.2) is 36.9 Å². The zero-order valence-electron chi connectivity index (χ0n) is 14.8. The molecule has 2 aliphatic rings. The Labute approximate surface area is 154 Å². The van der Waals surface area contributed by atoms with E-state index in [4.69, 9.17) is 0 Å². The average Bonchev–Trinajstić information content (AvgIpc) is 2.67. The molecule has 2 fully saturated rings. The SMILES string of the molecule is C=CC(=O)N1CCC(C(=O)N2CCSCC2c2ccc(C)cc2)CC1. The summed E-state index contributed by atoms with van der Waals surface area (Å²) in [5.41, 5.74) is 2.47. The van der Waals surface area contributed by atoms with Gasteiger partial charge >= 0.3 is 0 Å². The molecule has 3 rings (SSSR count). The topological polar surface area (TPSA) is 40.6 Å². The van der Waals surface area contributed by atoms with Crippen LogP contribution in [-0.2, 0) is 9.59 Å². The minimum absolute atomic E-state index is 0.0298. The van der Waals surface area contributed by atoms with Crippen LogP contribution in [0.5, 0.6) is 0 Å². The molecule has 1 unspecified atom stereocenters. The molecule has 2 aliphatic heterocycles. The summed E-state index contributed by atoms with van der Waals surface area (Å²) in [4.78, 5) is 28.7. The summed E-state index contributed by atoms with van der Waals surface area (Å²) in [6.45, 7) is 7.75. The molecule has 1 aromatic rings. The largest absolute Gasteiger partial charge is 0.339 e. The fraction of sp³-hybridized carbons (Fsp3) is 0.500. The zero-order valence-corrected chi connectivity index (χ0v) is 15.6. The smallest absolute Gasteiger partial charge is 0.245 e. The maximum atomic E-state index is 13.1. The van der Waals surface area contributed by atoms with Crippen LogP contribution in [0.3, 0.4) is 0 Å². The molecule has 1 aromatic carbocycles. The highest BCUT2D eigenvalue weighted by atomic mass is 32.2. The van der Waals surface area contributed by atoms with Gasteiger partial charge in [-0.15, -0.1) is 0 Å². The molecule has 2 amide bonds. The summed E-state index contributed by atoms with van der Waals surface area (Å²) < 4.78 is 0. The Morgan fingerprint density at radius 1 is 1.16 bits per heavy atom. The highest BCUT2D eigenvalue weighted by molar-refractivity contribution is 7.99. The maximum absolute atomic E-state index is 13.1. The Morgan fingerprint density at radius 2 is 1.84 bits per heavy atom. The summed E-state index contributed by atoms with van der Waals surface area (Å²) in [5.74, 6) is 2.23. The number of hydrogen-bond donors (Lipinski definition) is 0. The van der Waals surface area contributed by atoms with E-state index in [1.807, 2.05) is 11.8 Å². The number of carbonyl (C=O) groups excluding carboxylic acids is 2.